The summed E-state index contributed by atoms with van der Waals surface area (Å²) >= 11 is 0. The molecular formula is C13H12N2O4. The molecule has 1 heterocycles. The topological polar surface area (TPSA) is 76.6 Å². The monoisotopic (exact) mass is 260 g/mol. The normalized spacial score (nSPS) is 10.2. The standard InChI is InChI=1S/C13H12N2O4/c1-2-14(13(16)12-4-3-9-19-12)10-5-7-11(8-6-10)15(17)18/h3-9H,2H2,1H3. The molecule has 0 aliphatic heterocycles. The summed E-state index contributed by atoms with van der Waals surface area (Å²) < 4.78 is 5.06. The summed E-state index contributed by atoms with van der Waals surface area (Å²) in [6, 6.07) is 9.04. The zero-order chi connectivity index (χ0) is 13.8. The summed E-state index contributed by atoms with van der Waals surface area (Å²) in [5.41, 5.74) is 0.583. The quantitative estimate of drug-likeness (QED) is 0.625. The molecule has 0 bridgehead atoms. The highest BCUT2D eigenvalue weighted by Crippen LogP contribution is 2.21. The maximum Gasteiger partial charge on any atom is 0.293 e. The van der Waals surface area contributed by atoms with Crippen molar-refractivity contribution in [1.82, 2.24) is 0 Å². The zero-order valence-electron chi connectivity index (χ0n) is 10.3. The first-order valence-corrected chi connectivity index (χ1v) is 5.73. The third kappa shape index (κ3) is 2.62. The summed E-state index contributed by atoms with van der Waals surface area (Å²) in [4.78, 5) is 23.7. The van der Waals surface area contributed by atoms with Gasteiger partial charge in [0, 0.05) is 24.4 Å². The zero-order valence-corrected chi connectivity index (χ0v) is 10.3. The lowest BCUT2D eigenvalue weighted by Gasteiger charge is -2.19. The highest BCUT2D eigenvalue weighted by atomic mass is 16.6. The average molecular weight is 260 g/mol. The second-order valence-corrected chi connectivity index (χ2v) is 3.80. The van der Waals surface area contributed by atoms with Crippen molar-refractivity contribution in [2.75, 3.05) is 11.4 Å². The van der Waals surface area contributed by atoms with Crippen LogP contribution in [0.5, 0.6) is 0 Å². The minimum Gasteiger partial charge on any atom is -0.459 e. The molecule has 2 aromatic rings. The van der Waals surface area contributed by atoms with Crippen LogP contribution in [-0.4, -0.2) is 17.4 Å². The Morgan fingerprint density at radius 2 is 2.00 bits per heavy atom. The van der Waals surface area contributed by atoms with Crippen LogP contribution < -0.4 is 4.90 Å². The van der Waals surface area contributed by atoms with E-state index in [1.807, 2.05) is 6.92 Å². The van der Waals surface area contributed by atoms with Crippen LogP contribution in [0.4, 0.5) is 11.4 Å². The Balaban J connectivity index is 2.27. The van der Waals surface area contributed by atoms with Gasteiger partial charge in [0.1, 0.15) is 0 Å². The number of nitro groups is 1. The van der Waals surface area contributed by atoms with Crippen molar-refractivity contribution in [3.8, 4) is 0 Å². The molecular weight excluding hydrogens is 248 g/mol. The molecule has 0 saturated carbocycles. The van der Waals surface area contributed by atoms with Crippen molar-refractivity contribution < 1.29 is 14.1 Å². The van der Waals surface area contributed by atoms with Crippen LogP contribution in [0.15, 0.2) is 47.1 Å². The van der Waals surface area contributed by atoms with Crippen molar-refractivity contribution in [3.63, 3.8) is 0 Å². The number of rotatable bonds is 4. The fourth-order valence-corrected chi connectivity index (χ4v) is 1.73. The minimum absolute atomic E-state index is 0.00903. The molecule has 1 amide bonds. The van der Waals surface area contributed by atoms with E-state index in [1.54, 1.807) is 24.3 Å². The average Bonchev–Trinajstić information content (AvgIpc) is 2.94. The first-order chi connectivity index (χ1) is 9.13. The van der Waals surface area contributed by atoms with Gasteiger partial charge in [0.25, 0.3) is 11.6 Å². The van der Waals surface area contributed by atoms with Crippen LogP contribution in [0.2, 0.25) is 0 Å². The smallest absolute Gasteiger partial charge is 0.293 e. The molecule has 1 aromatic heterocycles. The van der Waals surface area contributed by atoms with Gasteiger partial charge >= 0.3 is 0 Å². The molecule has 0 radical (unpaired) electrons. The van der Waals surface area contributed by atoms with Gasteiger partial charge in [0.2, 0.25) is 0 Å². The highest BCUT2D eigenvalue weighted by molar-refractivity contribution is 6.04. The Morgan fingerprint density at radius 1 is 1.32 bits per heavy atom. The summed E-state index contributed by atoms with van der Waals surface area (Å²) in [5, 5.41) is 10.6. The number of non-ortho nitro benzene ring substituents is 1. The number of hydrogen-bond acceptors (Lipinski definition) is 4. The van der Waals surface area contributed by atoms with Crippen molar-refractivity contribution in [1.29, 1.82) is 0 Å². The van der Waals surface area contributed by atoms with Gasteiger partial charge in [-0.25, -0.2) is 0 Å². The first kappa shape index (κ1) is 12.8. The van der Waals surface area contributed by atoms with Gasteiger partial charge < -0.3 is 9.32 Å². The third-order valence-electron chi connectivity index (χ3n) is 2.67. The number of nitrogens with zero attached hydrogens (tertiary/aromatic N) is 2. The molecule has 0 aliphatic carbocycles. The SMILES string of the molecule is CCN(C(=O)c1ccco1)c1ccc([N+](=O)[O-])cc1. The second kappa shape index (κ2) is 5.34. The number of carbonyl (C=O) groups excluding carboxylic acids is 1. The number of carbonyl (C=O) groups is 1. The molecule has 6 nitrogen and oxygen atoms in total. The van der Waals surface area contributed by atoms with Crippen molar-refractivity contribution in [3.05, 3.63) is 58.5 Å². The van der Waals surface area contributed by atoms with Crippen LogP contribution in [-0.2, 0) is 0 Å². The van der Waals surface area contributed by atoms with Crippen LogP contribution in [0.1, 0.15) is 17.5 Å². The lowest BCUT2D eigenvalue weighted by atomic mass is 10.2. The van der Waals surface area contributed by atoms with Gasteiger partial charge in [-0.15, -0.1) is 0 Å². The lowest BCUT2D eigenvalue weighted by Crippen LogP contribution is -2.30. The van der Waals surface area contributed by atoms with Crippen LogP contribution in [0.25, 0.3) is 0 Å². The summed E-state index contributed by atoms with van der Waals surface area (Å²) in [6.07, 6.45) is 1.43. The Kier molecular flexibility index (Phi) is 3.61. The molecule has 0 saturated heterocycles. The maximum absolute atomic E-state index is 12.2. The van der Waals surface area contributed by atoms with Gasteiger partial charge in [-0.2, -0.15) is 0 Å². The summed E-state index contributed by atoms with van der Waals surface area (Å²) in [5.74, 6) is -0.0402. The van der Waals surface area contributed by atoms with Gasteiger partial charge in [0.05, 0.1) is 11.2 Å². The molecule has 2 rings (SSSR count). The molecule has 98 valence electrons. The van der Waals surface area contributed by atoms with E-state index in [2.05, 4.69) is 0 Å². The van der Waals surface area contributed by atoms with Gasteiger partial charge in [0.15, 0.2) is 5.76 Å². The predicted octanol–water partition coefficient (Wildman–Crippen LogP) is 2.85. The third-order valence-corrected chi connectivity index (χ3v) is 2.67. The fourth-order valence-electron chi connectivity index (χ4n) is 1.73. The van der Waals surface area contributed by atoms with Gasteiger partial charge in [-0.05, 0) is 31.2 Å². The minimum atomic E-state index is -0.478. The summed E-state index contributed by atoms with van der Waals surface area (Å²) in [6.45, 7) is 2.26. The highest BCUT2D eigenvalue weighted by Gasteiger charge is 2.19. The number of furan rings is 1. The summed E-state index contributed by atoms with van der Waals surface area (Å²) in [7, 11) is 0. The van der Waals surface area contributed by atoms with Gasteiger partial charge in [-0.3, -0.25) is 14.9 Å². The van der Waals surface area contributed by atoms with Crippen molar-refractivity contribution in [2.45, 2.75) is 6.92 Å². The van der Waals surface area contributed by atoms with E-state index in [0.29, 0.717) is 12.2 Å². The van der Waals surface area contributed by atoms with E-state index in [4.69, 9.17) is 4.42 Å². The molecule has 0 N–H and O–H groups in total. The van der Waals surface area contributed by atoms with Crippen molar-refractivity contribution >= 4 is 17.3 Å². The molecule has 0 unspecified atom stereocenters. The van der Waals surface area contributed by atoms with Crippen LogP contribution >= 0.6 is 0 Å². The Labute approximate surface area is 109 Å². The lowest BCUT2D eigenvalue weighted by molar-refractivity contribution is -0.384. The number of amides is 1. The molecule has 0 aliphatic rings. The van der Waals surface area contributed by atoms with E-state index >= 15 is 0 Å². The second-order valence-electron chi connectivity index (χ2n) is 3.80. The van der Waals surface area contributed by atoms with Crippen LogP contribution in [0.3, 0.4) is 0 Å². The number of anilines is 1. The molecule has 6 heteroatoms. The maximum atomic E-state index is 12.2. The predicted molar refractivity (Wildman–Crippen MR) is 69.2 cm³/mol. The number of benzene rings is 1. The molecule has 0 atom stereocenters. The Bertz CT molecular complexity index is 575. The molecule has 0 fully saturated rings. The number of nitro benzene ring substituents is 1. The van der Waals surface area contributed by atoms with Gasteiger partial charge in [-0.1, -0.05) is 0 Å². The van der Waals surface area contributed by atoms with Crippen molar-refractivity contribution in [2.24, 2.45) is 0 Å². The first-order valence-electron chi connectivity index (χ1n) is 5.73. The fraction of sp³-hybridized carbons (Fsp3) is 0.154. The largest absolute Gasteiger partial charge is 0.459 e. The Morgan fingerprint density at radius 3 is 2.47 bits per heavy atom. The van der Waals surface area contributed by atoms with E-state index in [-0.39, 0.29) is 17.4 Å². The molecule has 19 heavy (non-hydrogen) atoms. The molecule has 0 spiro atoms. The number of hydrogen-bond donors (Lipinski definition) is 0. The van der Waals surface area contributed by atoms with E-state index < -0.39 is 4.92 Å². The van der Waals surface area contributed by atoms with E-state index in [9.17, 15) is 14.9 Å². The Hall–Kier alpha value is -2.63. The van der Waals surface area contributed by atoms with E-state index in [1.165, 1.54) is 23.3 Å². The molecule has 1 aromatic carbocycles. The van der Waals surface area contributed by atoms with Crippen LogP contribution in [0, 0.1) is 10.1 Å². The van der Waals surface area contributed by atoms with E-state index in [0.717, 1.165) is 0 Å².